The van der Waals surface area contributed by atoms with Crippen molar-refractivity contribution < 1.29 is 4.42 Å². The Morgan fingerprint density at radius 2 is 2.24 bits per heavy atom. The van der Waals surface area contributed by atoms with Gasteiger partial charge in [-0.15, -0.1) is 11.3 Å². The Labute approximate surface area is 131 Å². The van der Waals surface area contributed by atoms with Gasteiger partial charge in [0.1, 0.15) is 11.5 Å². The van der Waals surface area contributed by atoms with Gasteiger partial charge in [0.2, 0.25) is 0 Å². The first-order valence-corrected chi connectivity index (χ1v) is 8.69. The van der Waals surface area contributed by atoms with Crippen molar-refractivity contribution in [2.24, 2.45) is 0 Å². The van der Waals surface area contributed by atoms with Crippen LogP contribution in [0.4, 0.5) is 0 Å². The maximum absolute atomic E-state index is 5.94. The minimum Gasteiger partial charge on any atom is -0.465 e. The summed E-state index contributed by atoms with van der Waals surface area (Å²) in [6, 6.07) is 7.29. The minimum atomic E-state index is 0.744. The topological polar surface area (TPSA) is 28.4 Å². The molecular weight excluding hydrogens is 280 g/mol. The highest BCUT2D eigenvalue weighted by Gasteiger charge is 2.21. The van der Waals surface area contributed by atoms with E-state index in [1.165, 1.54) is 23.3 Å². The molecule has 0 unspecified atom stereocenters. The van der Waals surface area contributed by atoms with Crippen LogP contribution in [0.5, 0.6) is 0 Å². The molecule has 0 spiro atoms. The fourth-order valence-electron chi connectivity index (χ4n) is 2.51. The molecule has 114 valence electrons. The van der Waals surface area contributed by atoms with Crippen LogP contribution in [0.2, 0.25) is 0 Å². The predicted octanol–water partition coefficient (Wildman–Crippen LogP) is 3.92. The summed E-state index contributed by atoms with van der Waals surface area (Å²) < 4.78 is 5.94. The first-order valence-electron chi connectivity index (χ1n) is 7.81. The smallest absolute Gasteiger partial charge is 0.118 e. The average molecular weight is 304 g/mol. The molecular formula is C17H24N2OS. The zero-order valence-corrected chi connectivity index (χ0v) is 13.7. The number of nitrogens with zero attached hydrogens (tertiary/aromatic N) is 1. The molecule has 0 saturated heterocycles. The molecule has 0 atom stereocenters. The Bertz CT molecular complexity index is 557. The van der Waals surface area contributed by atoms with Crippen molar-refractivity contribution in [1.82, 2.24) is 10.2 Å². The first-order chi connectivity index (χ1) is 10.2. The number of nitrogens with one attached hydrogen (secondary N) is 1. The lowest BCUT2D eigenvalue weighted by Gasteiger charge is -2.17. The highest BCUT2D eigenvalue weighted by molar-refractivity contribution is 7.09. The zero-order valence-electron chi connectivity index (χ0n) is 12.9. The summed E-state index contributed by atoms with van der Waals surface area (Å²) in [7, 11) is 0. The minimum absolute atomic E-state index is 0.744. The Balaban J connectivity index is 1.58. The fourth-order valence-corrected chi connectivity index (χ4v) is 3.25. The summed E-state index contributed by atoms with van der Waals surface area (Å²) in [5.74, 6) is 2.14. The lowest BCUT2D eigenvalue weighted by Crippen LogP contribution is -2.21. The van der Waals surface area contributed by atoms with Gasteiger partial charge in [-0.3, -0.25) is 4.90 Å². The van der Waals surface area contributed by atoms with Crippen LogP contribution in [0.25, 0.3) is 0 Å². The molecule has 1 fully saturated rings. The van der Waals surface area contributed by atoms with Gasteiger partial charge < -0.3 is 9.73 Å². The number of hydrogen-bond acceptors (Lipinski definition) is 4. The third-order valence-corrected chi connectivity index (χ3v) is 4.88. The first kappa shape index (κ1) is 14.8. The molecule has 2 aromatic heterocycles. The third-order valence-electron chi connectivity index (χ3n) is 4.02. The number of furan rings is 1. The maximum Gasteiger partial charge on any atom is 0.118 e. The van der Waals surface area contributed by atoms with Crippen LogP contribution >= 0.6 is 11.3 Å². The molecule has 0 radical (unpaired) electrons. The van der Waals surface area contributed by atoms with E-state index in [-0.39, 0.29) is 0 Å². The van der Waals surface area contributed by atoms with Crippen LogP contribution in [-0.2, 0) is 19.6 Å². The molecule has 3 rings (SSSR count). The Morgan fingerprint density at radius 3 is 2.90 bits per heavy atom. The van der Waals surface area contributed by atoms with Crippen LogP contribution < -0.4 is 5.32 Å². The second kappa shape index (κ2) is 6.77. The molecule has 2 heterocycles. The second-order valence-electron chi connectivity index (χ2n) is 5.83. The van der Waals surface area contributed by atoms with E-state index in [4.69, 9.17) is 4.42 Å². The lowest BCUT2D eigenvalue weighted by molar-refractivity contribution is 0.248. The number of thiophene rings is 1. The van der Waals surface area contributed by atoms with E-state index < -0.39 is 0 Å². The summed E-state index contributed by atoms with van der Waals surface area (Å²) in [4.78, 5) is 3.83. The van der Waals surface area contributed by atoms with E-state index in [1.54, 1.807) is 0 Å². The van der Waals surface area contributed by atoms with Crippen LogP contribution in [0, 0.1) is 6.92 Å². The fraction of sp³-hybridized carbons (Fsp3) is 0.529. The molecule has 0 aliphatic heterocycles. The Morgan fingerprint density at radius 1 is 1.38 bits per heavy atom. The van der Waals surface area contributed by atoms with E-state index in [2.05, 4.69) is 47.6 Å². The quantitative estimate of drug-likeness (QED) is 0.801. The highest BCUT2D eigenvalue weighted by atomic mass is 32.1. The van der Waals surface area contributed by atoms with E-state index in [9.17, 15) is 0 Å². The molecule has 21 heavy (non-hydrogen) atoms. The van der Waals surface area contributed by atoms with E-state index in [0.717, 1.165) is 43.7 Å². The molecule has 1 aliphatic rings. The van der Waals surface area contributed by atoms with Gasteiger partial charge in [-0.05, 0) is 43.8 Å². The van der Waals surface area contributed by atoms with Crippen molar-refractivity contribution in [2.75, 3.05) is 6.54 Å². The SMILES string of the molecule is CCN(Cc1cc(CNC2CC2)c(C)o1)Cc1cccs1. The molecule has 3 nitrogen and oxygen atoms in total. The van der Waals surface area contributed by atoms with Gasteiger partial charge >= 0.3 is 0 Å². The van der Waals surface area contributed by atoms with Gasteiger partial charge in [-0.25, -0.2) is 0 Å². The van der Waals surface area contributed by atoms with E-state index in [0.29, 0.717) is 0 Å². The Kier molecular flexibility index (Phi) is 4.78. The van der Waals surface area contributed by atoms with Crippen LogP contribution in [-0.4, -0.2) is 17.5 Å². The molecule has 0 aromatic carbocycles. The largest absolute Gasteiger partial charge is 0.465 e. The van der Waals surface area contributed by atoms with Gasteiger partial charge in [0.05, 0.1) is 6.54 Å². The monoisotopic (exact) mass is 304 g/mol. The van der Waals surface area contributed by atoms with Gasteiger partial charge in [0.15, 0.2) is 0 Å². The van der Waals surface area contributed by atoms with Gasteiger partial charge in [0, 0.05) is 29.6 Å². The van der Waals surface area contributed by atoms with Gasteiger partial charge in [-0.1, -0.05) is 13.0 Å². The van der Waals surface area contributed by atoms with Gasteiger partial charge in [0.25, 0.3) is 0 Å². The summed E-state index contributed by atoms with van der Waals surface area (Å²) in [6.45, 7) is 8.15. The van der Waals surface area contributed by atoms with E-state index in [1.807, 2.05) is 11.3 Å². The second-order valence-corrected chi connectivity index (χ2v) is 6.86. The van der Waals surface area contributed by atoms with E-state index >= 15 is 0 Å². The van der Waals surface area contributed by atoms with Crippen LogP contribution in [0.3, 0.4) is 0 Å². The molecule has 1 N–H and O–H groups in total. The normalized spacial score (nSPS) is 15.0. The van der Waals surface area contributed by atoms with Crippen molar-refractivity contribution in [3.63, 3.8) is 0 Å². The highest BCUT2D eigenvalue weighted by Crippen LogP contribution is 2.22. The lowest BCUT2D eigenvalue weighted by atomic mass is 10.2. The molecule has 1 saturated carbocycles. The summed E-state index contributed by atoms with van der Waals surface area (Å²) in [5, 5.41) is 5.70. The number of hydrogen-bond donors (Lipinski definition) is 1. The van der Waals surface area contributed by atoms with Crippen molar-refractivity contribution >= 4 is 11.3 Å². The molecule has 1 aliphatic carbocycles. The van der Waals surface area contributed by atoms with Crippen molar-refractivity contribution in [2.45, 2.75) is 52.4 Å². The maximum atomic E-state index is 5.94. The molecule has 4 heteroatoms. The van der Waals surface area contributed by atoms with Crippen molar-refractivity contribution in [1.29, 1.82) is 0 Å². The summed E-state index contributed by atoms with van der Waals surface area (Å²) in [5.41, 5.74) is 1.31. The van der Waals surface area contributed by atoms with Crippen molar-refractivity contribution in [3.05, 3.63) is 45.5 Å². The summed E-state index contributed by atoms with van der Waals surface area (Å²) in [6.07, 6.45) is 2.66. The van der Waals surface area contributed by atoms with Crippen LogP contribution in [0.15, 0.2) is 28.0 Å². The predicted molar refractivity (Wildman–Crippen MR) is 87.4 cm³/mol. The molecule has 2 aromatic rings. The van der Waals surface area contributed by atoms with Gasteiger partial charge in [-0.2, -0.15) is 0 Å². The average Bonchev–Trinajstić information content (AvgIpc) is 3.04. The van der Waals surface area contributed by atoms with Crippen LogP contribution in [0.1, 0.15) is 41.7 Å². The standard InChI is InChI=1S/C17H24N2OS/c1-3-19(12-17-5-4-8-21-17)11-16-9-14(13(2)20-16)10-18-15-6-7-15/h4-5,8-9,15,18H,3,6-7,10-12H2,1-2H3. The van der Waals surface area contributed by atoms with Crippen molar-refractivity contribution in [3.8, 4) is 0 Å². The number of rotatable bonds is 8. The zero-order chi connectivity index (χ0) is 14.7. The molecule has 0 amide bonds. The summed E-state index contributed by atoms with van der Waals surface area (Å²) >= 11 is 1.82. The molecule has 0 bridgehead atoms. The third kappa shape index (κ3) is 4.19. The Hall–Kier alpha value is -1.10. The number of aryl methyl sites for hydroxylation is 1.